The summed E-state index contributed by atoms with van der Waals surface area (Å²) in [6, 6.07) is 7.88. The van der Waals surface area contributed by atoms with Crippen molar-refractivity contribution < 1.29 is 19.4 Å². The molecular formula is C16H18N4O4. The number of amides is 1. The van der Waals surface area contributed by atoms with Crippen LogP contribution in [0.4, 0.5) is 0 Å². The fraction of sp³-hybridized carbons (Fsp3) is 0.375. The van der Waals surface area contributed by atoms with Crippen molar-refractivity contribution in [3.05, 3.63) is 41.7 Å². The summed E-state index contributed by atoms with van der Waals surface area (Å²) in [6.45, 7) is 1.32. The van der Waals surface area contributed by atoms with Gasteiger partial charge in [0, 0.05) is 19.0 Å². The van der Waals surface area contributed by atoms with Crippen LogP contribution in [0.3, 0.4) is 0 Å². The van der Waals surface area contributed by atoms with Crippen LogP contribution in [0.2, 0.25) is 0 Å². The van der Waals surface area contributed by atoms with E-state index in [4.69, 9.17) is 9.84 Å². The lowest BCUT2D eigenvalue weighted by Gasteiger charge is -2.16. The number of carboxylic acids is 1. The van der Waals surface area contributed by atoms with Gasteiger partial charge < -0.3 is 14.7 Å². The van der Waals surface area contributed by atoms with Crippen LogP contribution >= 0.6 is 0 Å². The topological polar surface area (TPSA) is 97.5 Å². The van der Waals surface area contributed by atoms with Gasteiger partial charge in [-0.05, 0) is 24.1 Å². The highest BCUT2D eigenvalue weighted by Crippen LogP contribution is 2.28. The number of carboxylic acid groups (broad SMARTS) is 1. The van der Waals surface area contributed by atoms with E-state index in [0.29, 0.717) is 19.0 Å². The smallest absolute Gasteiger partial charge is 0.358 e. The van der Waals surface area contributed by atoms with Gasteiger partial charge in [-0.1, -0.05) is 17.3 Å². The first-order valence-corrected chi connectivity index (χ1v) is 7.62. The zero-order chi connectivity index (χ0) is 17.1. The molecule has 1 saturated heterocycles. The number of benzene rings is 1. The second-order valence-corrected chi connectivity index (χ2v) is 5.71. The van der Waals surface area contributed by atoms with Crippen LogP contribution in [0.5, 0.6) is 5.75 Å². The van der Waals surface area contributed by atoms with Gasteiger partial charge in [-0.2, -0.15) is 0 Å². The molecule has 1 aliphatic rings. The molecule has 8 nitrogen and oxygen atoms in total. The fourth-order valence-corrected chi connectivity index (χ4v) is 2.85. The summed E-state index contributed by atoms with van der Waals surface area (Å²) in [6.07, 6.45) is 2.16. The van der Waals surface area contributed by atoms with E-state index in [9.17, 15) is 9.59 Å². The Labute approximate surface area is 138 Å². The summed E-state index contributed by atoms with van der Waals surface area (Å²) in [7, 11) is 1.63. The number of rotatable bonds is 5. The number of nitrogens with zero attached hydrogens (tertiary/aromatic N) is 4. The molecule has 1 amide bonds. The molecule has 1 unspecified atom stereocenters. The Morgan fingerprint density at radius 1 is 1.33 bits per heavy atom. The van der Waals surface area contributed by atoms with Gasteiger partial charge in [0.15, 0.2) is 5.69 Å². The fourth-order valence-electron chi connectivity index (χ4n) is 2.85. The number of carbonyl (C=O) groups is 2. The zero-order valence-electron chi connectivity index (χ0n) is 13.3. The second kappa shape index (κ2) is 6.69. The molecule has 8 heteroatoms. The molecule has 1 aliphatic heterocycles. The first-order chi connectivity index (χ1) is 11.6. The van der Waals surface area contributed by atoms with E-state index >= 15 is 0 Å². The maximum atomic E-state index is 12.3. The lowest BCUT2D eigenvalue weighted by molar-refractivity contribution is -0.131. The first kappa shape index (κ1) is 16.0. The van der Waals surface area contributed by atoms with E-state index in [1.165, 1.54) is 16.4 Å². The number of ether oxygens (including phenoxy) is 1. The maximum Gasteiger partial charge on any atom is 0.358 e. The number of aromatic carboxylic acids is 1. The highest BCUT2D eigenvalue weighted by molar-refractivity contribution is 5.84. The van der Waals surface area contributed by atoms with Gasteiger partial charge in [0.05, 0.1) is 13.3 Å². The Kier molecular flexibility index (Phi) is 4.45. The largest absolute Gasteiger partial charge is 0.497 e. The molecular weight excluding hydrogens is 312 g/mol. The Morgan fingerprint density at radius 3 is 2.71 bits per heavy atom. The van der Waals surface area contributed by atoms with E-state index in [2.05, 4.69) is 10.3 Å². The number of hydrogen-bond acceptors (Lipinski definition) is 5. The monoisotopic (exact) mass is 330 g/mol. The SMILES string of the molecule is COc1ccc(C2CCN(C(=O)Cn3cc(C(=O)O)nn3)C2)cc1. The summed E-state index contributed by atoms with van der Waals surface area (Å²) in [4.78, 5) is 24.9. The molecule has 2 heterocycles. The molecule has 0 aliphatic carbocycles. The van der Waals surface area contributed by atoms with E-state index in [-0.39, 0.29) is 18.1 Å². The molecule has 0 bridgehead atoms. The Bertz CT molecular complexity index is 741. The van der Waals surface area contributed by atoms with Gasteiger partial charge in [0.2, 0.25) is 5.91 Å². The predicted molar refractivity (Wildman–Crippen MR) is 83.9 cm³/mol. The number of carbonyl (C=O) groups excluding carboxylic acids is 1. The van der Waals surface area contributed by atoms with E-state index in [1.807, 2.05) is 24.3 Å². The van der Waals surface area contributed by atoms with Crippen molar-refractivity contribution in [3.63, 3.8) is 0 Å². The lowest BCUT2D eigenvalue weighted by atomic mass is 9.98. The number of aromatic nitrogens is 3. The normalized spacial score (nSPS) is 17.0. The van der Waals surface area contributed by atoms with Crippen molar-refractivity contribution in [1.82, 2.24) is 19.9 Å². The zero-order valence-corrected chi connectivity index (χ0v) is 13.3. The number of likely N-dealkylation sites (tertiary alicyclic amines) is 1. The molecule has 126 valence electrons. The summed E-state index contributed by atoms with van der Waals surface area (Å²) in [5, 5.41) is 16.0. The van der Waals surface area contributed by atoms with Crippen LogP contribution in [-0.2, 0) is 11.3 Å². The molecule has 0 radical (unpaired) electrons. The van der Waals surface area contributed by atoms with Crippen molar-refractivity contribution in [2.75, 3.05) is 20.2 Å². The van der Waals surface area contributed by atoms with E-state index in [1.54, 1.807) is 12.0 Å². The summed E-state index contributed by atoms with van der Waals surface area (Å²) >= 11 is 0. The van der Waals surface area contributed by atoms with Crippen molar-refractivity contribution in [3.8, 4) is 5.75 Å². The lowest BCUT2D eigenvalue weighted by Crippen LogP contribution is -2.31. The molecule has 1 aromatic carbocycles. The van der Waals surface area contributed by atoms with Crippen molar-refractivity contribution in [2.24, 2.45) is 0 Å². The molecule has 1 fully saturated rings. The van der Waals surface area contributed by atoms with E-state index in [0.717, 1.165) is 12.2 Å². The van der Waals surface area contributed by atoms with Crippen LogP contribution in [0.25, 0.3) is 0 Å². The highest BCUT2D eigenvalue weighted by atomic mass is 16.5. The van der Waals surface area contributed by atoms with Crippen LogP contribution in [-0.4, -0.2) is 57.1 Å². The van der Waals surface area contributed by atoms with Gasteiger partial charge in [-0.15, -0.1) is 5.10 Å². The molecule has 3 rings (SSSR count). The van der Waals surface area contributed by atoms with Gasteiger partial charge >= 0.3 is 5.97 Å². The van der Waals surface area contributed by atoms with E-state index < -0.39 is 5.97 Å². The molecule has 0 spiro atoms. The summed E-state index contributed by atoms with van der Waals surface area (Å²) in [5.74, 6) is -0.141. The van der Waals surface area contributed by atoms with Gasteiger partial charge in [0.25, 0.3) is 0 Å². The van der Waals surface area contributed by atoms with Crippen LogP contribution < -0.4 is 4.74 Å². The Hall–Kier alpha value is -2.90. The van der Waals surface area contributed by atoms with Crippen molar-refractivity contribution in [1.29, 1.82) is 0 Å². The Balaban J connectivity index is 1.59. The van der Waals surface area contributed by atoms with Crippen molar-refractivity contribution in [2.45, 2.75) is 18.9 Å². The average molecular weight is 330 g/mol. The summed E-state index contributed by atoms with van der Waals surface area (Å²) < 4.78 is 6.41. The van der Waals surface area contributed by atoms with Crippen LogP contribution in [0.15, 0.2) is 30.5 Å². The average Bonchev–Trinajstić information content (AvgIpc) is 3.24. The molecule has 2 aromatic rings. The van der Waals surface area contributed by atoms with Crippen molar-refractivity contribution >= 4 is 11.9 Å². The third-order valence-corrected chi connectivity index (χ3v) is 4.18. The quantitative estimate of drug-likeness (QED) is 0.878. The minimum atomic E-state index is -1.16. The molecule has 0 saturated carbocycles. The first-order valence-electron chi connectivity index (χ1n) is 7.62. The number of methoxy groups -OCH3 is 1. The highest BCUT2D eigenvalue weighted by Gasteiger charge is 2.27. The van der Waals surface area contributed by atoms with Crippen LogP contribution in [0.1, 0.15) is 28.4 Å². The molecule has 1 aromatic heterocycles. The molecule has 1 N–H and O–H groups in total. The minimum Gasteiger partial charge on any atom is -0.497 e. The van der Waals surface area contributed by atoms with Gasteiger partial charge in [0.1, 0.15) is 12.3 Å². The van der Waals surface area contributed by atoms with Gasteiger partial charge in [-0.25, -0.2) is 9.48 Å². The minimum absolute atomic E-state index is 0.00435. The molecule has 1 atom stereocenters. The Morgan fingerprint density at radius 2 is 2.08 bits per heavy atom. The third kappa shape index (κ3) is 3.37. The predicted octanol–water partition coefficient (Wildman–Crippen LogP) is 1.00. The van der Waals surface area contributed by atoms with Crippen LogP contribution in [0, 0.1) is 0 Å². The second-order valence-electron chi connectivity index (χ2n) is 5.71. The van der Waals surface area contributed by atoms with Gasteiger partial charge in [-0.3, -0.25) is 4.79 Å². The summed E-state index contributed by atoms with van der Waals surface area (Å²) in [5.41, 5.74) is 1.01. The maximum absolute atomic E-state index is 12.3. The molecule has 24 heavy (non-hydrogen) atoms. The number of hydrogen-bond donors (Lipinski definition) is 1. The standard InChI is InChI=1S/C16H18N4O4/c1-24-13-4-2-11(3-5-13)12-6-7-19(8-12)15(21)10-20-9-14(16(22)23)17-18-20/h2-5,9,12H,6-8,10H2,1H3,(H,22,23). The third-order valence-electron chi connectivity index (χ3n) is 4.18.